The molecule has 3 nitrogen and oxygen atoms in total. The first kappa shape index (κ1) is 19.2. The van der Waals surface area contributed by atoms with Crippen molar-refractivity contribution in [3.8, 4) is 5.75 Å². The summed E-state index contributed by atoms with van der Waals surface area (Å²) in [5.74, 6) is 2.27. The molecule has 1 aliphatic heterocycles. The van der Waals surface area contributed by atoms with Crippen molar-refractivity contribution < 1.29 is 9.53 Å². The molecule has 0 radical (unpaired) electrons. The van der Waals surface area contributed by atoms with E-state index in [9.17, 15) is 4.79 Å². The smallest absolute Gasteiger partial charge is 0.225 e. The summed E-state index contributed by atoms with van der Waals surface area (Å²) in [6.45, 7) is 3.97. The third-order valence-corrected chi connectivity index (χ3v) is 7.51. The Balaban J connectivity index is 1.25. The van der Waals surface area contributed by atoms with Crippen molar-refractivity contribution >= 4 is 21.8 Å². The Labute approximate surface area is 181 Å². The molecule has 1 unspecified atom stereocenters. The van der Waals surface area contributed by atoms with Crippen LogP contribution in [0.25, 0.3) is 0 Å². The van der Waals surface area contributed by atoms with Crippen molar-refractivity contribution in [3.63, 3.8) is 0 Å². The summed E-state index contributed by atoms with van der Waals surface area (Å²) in [5.41, 5.74) is 5.30. The number of hydrogen-bond acceptors (Lipinski definition) is 2. The molecule has 152 valence electrons. The number of fused-ring (bicyclic) bond motifs is 1. The summed E-state index contributed by atoms with van der Waals surface area (Å²) in [6, 6.07) is 13.1. The molecular formula is C25H28BrNO2. The van der Waals surface area contributed by atoms with E-state index in [-0.39, 0.29) is 6.10 Å². The van der Waals surface area contributed by atoms with Gasteiger partial charge in [0.1, 0.15) is 11.9 Å². The molecule has 1 atom stereocenters. The van der Waals surface area contributed by atoms with Gasteiger partial charge < -0.3 is 9.64 Å². The Bertz CT molecular complexity index is 928. The van der Waals surface area contributed by atoms with Gasteiger partial charge in [-0.25, -0.2) is 0 Å². The fourth-order valence-electron chi connectivity index (χ4n) is 4.94. The van der Waals surface area contributed by atoms with E-state index in [1.807, 2.05) is 0 Å². The first-order valence-corrected chi connectivity index (χ1v) is 11.7. The average Bonchev–Trinajstić information content (AvgIpc) is 3.50. The first-order chi connectivity index (χ1) is 14.1. The molecule has 0 aromatic heterocycles. The van der Waals surface area contributed by atoms with Gasteiger partial charge in [-0.05, 0) is 80.2 Å². The van der Waals surface area contributed by atoms with Crippen LogP contribution in [0.15, 0.2) is 40.9 Å². The van der Waals surface area contributed by atoms with E-state index in [4.69, 9.17) is 4.74 Å². The normalized spacial score (nSPS) is 21.9. The van der Waals surface area contributed by atoms with Crippen LogP contribution in [0.1, 0.15) is 66.4 Å². The fraction of sp³-hybridized carbons (Fsp3) is 0.480. The van der Waals surface area contributed by atoms with Crippen molar-refractivity contribution in [2.24, 2.45) is 5.92 Å². The maximum atomic E-state index is 12.3. The van der Waals surface area contributed by atoms with Crippen molar-refractivity contribution in [2.45, 2.75) is 57.5 Å². The third-order valence-electron chi connectivity index (χ3n) is 6.81. The lowest BCUT2D eigenvalue weighted by molar-refractivity contribution is -0.133. The number of likely N-dealkylation sites (tertiary alicyclic amines) is 1. The molecule has 4 heteroatoms. The second-order valence-corrected chi connectivity index (χ2v) is 9.71. The zero-order valence-electron chi connectivity index (χ0n) is 17.0. The number of amides is 1. The lowest BCUT2D eigenvalue weighted by Gasteiger charge is -2.32. The lowest BCUT2D eigenvalue weighted by Crippen LogP contribution is -2.38. The molecule has 1 heterocycles. The van der Waals surface area contributed by atoms with Crippen LogP contribution >= 0.6 is 15.9 Å². The monoisotopic (exact) mass is 453 g/mol. The Kier molecular flexibility index (Phi) is 5.15. The van der Waals surface area contributed by atoms with Crippen LogP contribution in [0.3, 0.4) is 0 Å². The minimum Gasteiger partial charge on any atom is -0.485 e. The number of carbonyl (C=O) groups is 1. The first-order valence-electron chi connectivity index (χ1n) is 10.9. The Morgan fingerprint density at radius 2 is 1.86 bits per heavy atom. The van der Waals surface area contributed by atoms with Gasteiger partial charge in [-0.2, -0.15) is 0 Å². The van der Waals surface area contributed by atoms with Gasteiger partial charge in [0.05, 0.1) is 0 Å². The summed E-state index contributed by atoms with van der Waals surface area (Å²) in [5, 5.41) is 0. The molecule has 0 spiro atoms. The average molecular weight is 454 g/mol. The Morgan fingerprint density at radius 1 is 1.07 bits per heavy atom. The summed E-state index contributed by atoms with van der Waals surface area (Å²) in [7, 11) is 0. The molecule has 0 bridgehead atoms. The standard InChI is InChI=1S/C25H28BrNO2/c1-16-15-20(17-11-13-27(14-12-17)25(28)19-5-6-19)8-9-22(16)29-23-10-7-18-3-2-4-21(26)24(18)23/h2-4,8-9,15,17,19,23H,5-7,10-14H2,1H3. The molecule has 0 N–H and O–H groups in total. The van der Waals surface area contributed by atoms with Gasteiger partial charge in [-0.15, -0.1) is 0 Å². The summed E-state index contributed by atoms with van der Waals surface area (Å²) in [6.07, 6.45) is 6.58. The second kappa shape index (κ2) is 7.79. The predicted molar refractivity (Wildman–Crippen MR) is 118 cm³/mol. The number of benzene rings is 2. The summed E-state index contributed by atoms with van der Waals surface area (Å²) < 4.78 is 7.61. The summed E-state index contributed by atoms with van der Waals surface area (Å²) >= 11 is 3.70. The van der Waals surface area contributed by atoms with Crippen molar-refractivity contribution in [1.82, 2.24) is 4.90 Å². The highest BCUT2D eigenvalue weighted by Crippen LogP contribution is 2.41. The van der Waals surface area contributed by atoms with Crippen LogP contribution in [-0.2, 0) is 11.2 Å². The lowest BCUT2D eigenvalue weighted by atomic mass is 9.88. The van der Waals surface area contributed by atoms with E-state index in [2.05, 4.69) is 64.2 Å². The Morgan fingerprint density at radius 3 is 2.59 bits per heavy atom. The molecular weight excluding hydrogens is 426 g/mol. The van der Waals surface area contributed by atoms with Crippen LogP contribution < -0.4 is 4.74 Å². The van der Waals surface area contributed by atoms with E-state index in [0.29, 0.717) is 17.7 Å². The van der Waals surface area contributed by atoms with Crippen LogP contribution in [0, 0.1) is 12.8 Å². The van der Waals surface area contributed by atoms with E-state index in [1.165, 1.54) is 22.3 Å². The molecule has 3 aliphatic rings. The minimum atomic E-state index is 0.127. The third kappa shape index (κ3) is 3.84. The maximum absolute atomic E-state index is 12.3. The number of hydrogen-bond donors (Lipinski definition) is 0. The van der Waals surface area contributed by atoms with E-state index < -0.39 is 0 Å². The predicted octanol–water partition coefficient (Wildman–Crippen LogP) is 5.94. The molecule has 2 aliphatic carbocycles. The fourth-order valence-corrected chi connectivity index (χ4v) is 5.61. The van der Waals surface area contributed by atoms with E-state index in [0.717, 1.165) is 61.8 Å². The van der Waals surface area contributed by atoms with Crippen LogP contribution in [0.5, 0.6) is 5.75 Å². The molecule has 1 saturated carbocycles. The second-order valence-electron chi connectivity index (χ2n) is 8.86. The molecule has 2 aromatic carbocycles. The largest absolute Gasteiger partial charge is 0.485 e. The maximum Gasteiger partial charge on any atom is 0.225 e. The minimum absolute atomic E-state index is 0.127. The summed E-state index contributed by atoms with van der Waals surface area (Å²) in [4.78, 5) is 14.4. The van der Waals surface area contributed by atoms with Gasteiger partial charge in [-0.3, -0.25) is 4.79 Å². The van der Waals surface area contributed by atoms with Gasteiger partial charge in [-0.1, -0.05) is 40.2 Å². The Hall–Kier alpha value is -1.81. The highest BCUT2D eigenvalue weighted by molar-refractivity contribution is 9.10. The SMILES string of the molecule is Cc1cc(C2CCN(C(=O)C3CC3)CC2)ccc1OC1CCc2cccc(Br)c21. The number of nitrogens with zero attached hydrogens (tertiary/aromatic N) is 1. The van der Waals surface area contributed by atoms with Crippen LogP contribution in [-0.4, -0.2) is 23.9 Å². The van der Waals surface area contributed by atoms with Gasteiger partial charge >= 0.3 is 0 Å². The van der Waals surface area contributed by atoms with Crippen molar-refractivity contribution in [2.75, 3.05) is 13.1 Å². The van der Waals surface area contributed by atoms with Gasteiger partial charge in [0.2, 0.25) is 5.91 Å². The number of halogens is 1. The van der Waals surface area contributed by atoms with Crippen LogP contribution in [0.2, 0.25) is 0 Å². The van der Waals surface area contributed by atoms with E-state index >= 15 is 0 Å². The molecule has 1 amide bonds. The molecule has 1 saturated heterocycles. The zero-order valence-corrected chi connectivity index (χ0v) is 18.6. The number of ether oxygens (including phenoxy) is 1. The number of carbonyl (C=O) groups excluding carboxylic acids is 1. The molecule has 5 rings (SSSR count). The highest BCUT2D eigenvalue weighted by atomic mass is 79.9. The molecule has 29 heavy (non-hydrogen) atoms. The van der Waals surface area contributed by atoms with Gasteiger partial charge in [0.15, 0.2) is 0 Å². The number of piperidine rings is 1. The van der Waals surface area contributed by atoms with E-state index in [1.54, 1.807) is 0 Å². The number of aryl methyl sites for hydroxylation is 2. The molecule has 2 fully saturated rings. The van der Waals surface area contributed by atoms with Crippen molar-refractivity contribution in [3.05, 3.63) is 63.1 Å². The molecule has 2 aromatic rings. The quantitative estimate of drug-likeness (QED) is 0.572. The number of rotatable bonds is 4. The van der Waals surface area contributed by atoms with Crippen molar-refractivity contribution in [1.29, 1.82) is 0 Å². The highest BCUT2D eigenvalue weighted by Gasteiger charge is 2.35. The topological polar surface area (TPSA) is 29.5 Å². The zero-order chi connectivity index (χ0) is 20.0. The van der Waals surface area contributed by atoms with Gasteiger partial charge in [0.25, 0.3) is 0 Å². The van der Waals surface area contributed by atoms with Gasteiger partial charge in [0, 0.05) is 29.0 Å². The van der Waals surface area contributed by atoms with Crippen LogP contribution in [0.4, 0.5) is 0 Å².